The Morgan fingerprint density at radius 2 is 1.88 bits per heavy atom. The first-order valence-electron chi connectivity index (χ1n) is 11.6. The van der Waals surface area contributed by atoms with Gasteiger partial charge in [-0.15, -0.1) is 10.2 Å². The fourth-order valence-corrected chi connectivity index (χ4v) is 5.95. The minimum atomic E-state index is 0.174. The summed E-state index contributed by atoms with van der Waals surface area (Å²) in [6.45, 7) is 9.03. The van der Waals surface area contributed by atoms with E-state index in [4.69, 9.17) is 32.7 Å². The molecule has 1 aromatic heterocycles. The van der Waals surface area contributed by atoms with Gasteiger partial charge in [0, 0.05) is 49.6 Å². The van der Waals surface area contributed by atoms with Gasteiger partial charge in [-0.2, -0.15) is 0 Å². The molecule has 0 aliphatic carbocycles. The van der Waals surface area contributed by atoms with Crippen LogP contribution in [-0.2, 0) is 17.7 Å². The Kier molecular flexibility index (Phi) is 6.74. The lowest BCUT2D eigenvalue weighted by Crippen LogP contribution is -2.44. The van der Waals surface area contributed by atoms with Gasteiger partial charge >= 0.3 is 0 Å². The lowest BCUT2D eigenvalue weighted by molar-refractivity contribution is 0.0247. The van der Waals surface area contributed by atoms with Crippen LogP contribution in [0.4, 0.5) is 0 Å². The first kappa shape index (κ1) is 22.2. The maximum Gasteiger partial charge on any atom is 0.136 e. The minimum Gasteiger partial charge on any atom is -0.489 e. The summed E-state index contributed by atoms with van der Waals surface area (Å²) in [6, 6.07) is 4.37. The van der Waals surface area contributed by atoms with Crippen molar-refractivity contribution in [2.24, 2.45) is 0 Å². The number of piperidine rings is 1. The van der Waals surface area contributed by atoms with Gasteiger partial charge in [0.2, 0.25) is 0 Å². The molecule has 2 fully saturated rings. The summed E-state index contributed by atoms with van der Waals surface area (Å²) in [5.41, 5.74) is 0.965. The molecular weight excluding hydrogens is 447 g/mol. The molecule has 0 radical (unpaired) electrons. The van der Waals surface area contributed by atoms with E-state index in [9.17, 15) is 0 Å². The highest BCUT2D eigenvalue weighted by Crippen LogP contribution is 2.43. The molecule has 0 saturated carbocycles. The van der Waals surface area contributed by atoms with E-state index < -0.39 is 0 Å². The molecule has 32 heavy (non-hydrogen) atoms. The summed E-state index contributed by atoms with van der Waals surface area (Å²) in [6.07, 6.45) is 7.10. The standard InChI is InChI=1S/C24H30Cl2N4O2/c1-2-11-32-20-4-3-19(25)23(26)22(20)17-14-21-27-28-24(30(21)15-17)16-5-9-29(10-6-16)18-7-12-31-13-8-18/h2-4,16-18H,1,5-15H2. The second-order valence-electron chi connectivity index (χ2n) is 9.01. The normalized spacial score (nSPS) is 22.8. The van der Waals surface area contributed by atoms with Crippen molar-refractivity contribution in [3.8, 4) is 5.75 Å². The average Bonchev–Trinajstić information content (AvgIpc) is 3.41. The monoisotopic (exact) mass is 476 g/mol. The van der Waals surface area contributed by atoms with Gasteiger partial charge in [0.1, 0.15) is 24.0 Å². The molecule has 0 N–H and O–H groups in total. The van der Waals surface area contributed by atoms with Crippen LogP contribution in [0, 0.1) is 0 Å². The number of benzene rings is 1. The van der Waals surface area contributed by atoms with Crippen molar-refractivity contribution < 1.29 is 9.47 Å². The highest BCUT2D eigenvalue weighted by Gasteiger charge is 2.35. The van der Waals surface area contributed by atoms with Gasteiger partial charge in [0.15, 0.2) is 0 Å². The van der Waals surface area contributed by atoms with Crippen LogP contribution >= 0.6 is 23.2 Å². The summed E-state index contributed by atoms with van der Waals surface area (Å²) in [7, 11) is 0. The number of hydrogen-bond acceptors (Lipinski definition) is 5. The molecule has 1 aromatic carbocycles. The minimum absolute atomic E-state index is 0.174. The largest absolute Gasteiger partial charge is 0.489 e. The third-order valence-corrected chi connectivity index (χ3v) is 7.97. The zero-order valence-corrected chi connectivity index (χ0v) is 19.8. The molecule has 2 aromatic rings. The Labute approximate surface area is 199 Å². The fraction of sp³-hybridized carbons (Fsp3) is 0.583. The molecule has 5 rings (SSSR count). The van der Waals surface area contributed by atoms with E-state index in [1.54, 1.807) is 12.1 Å². The first-order valence-corrected chi connectivity index (χ1v) is 12.4. The van der Waals surface area contributed by atoms with Crippen LogP contribution < -0.4 is 4.74 Å². The highest BCUT2D eigenvalue weighted by molar-refractivity contribution is 6.42. The molecule has 8 heteroatoms. The Balaban J connectivity index is 1.30. The second kappa shape index (κ2) is 9.72. The zero-order chi connectivity index (χ0) is 22.1. The van der Waals surface area contributed by atoms with E-state index in [-0.39, 0.29) is 5.92 Å². The summed E-state index contributed by atoms with van der Waals surface area (Å²) in [4.78, 5) is 2.65. The molecule has 3 aliphatic rings. The molecule has 0 amide bonds. The fourth-order valence-electron chi connectivity index (χ4n) is 5.48. The number of aromatic nitrogens is 3. The maximum atomic E-state index is 6.65. The topological polar surface area (TPSA) is 52.4 Å². The molecule has 0 spiro atoms. The third kappa shape index (κ3) is 4.30. The molecule has 172 valence electrons. The van der Waals surface area contributed by atoms with Gasteiger partial charge in [-0.05, 0) is 50.9 Å². The quantitative estimate of drug-likeness (QED) is 0.557. The van der Waals surface area contributed by atoms with Crippen LogP contribution in [0.2, 0.25) is 10.0 Å². The smallest absolute Gasteiger partial charge is 0.136 e. The van der Waals surface area contributed by atoms with E-state index in [0.717, 1.165) is 87.9 Å². The molecule has 4 heterocycles. The highest BCUT2D eigenvalue weighted by atomic mass is 35.5. The summed E-state index contributed by atoms with van der Waals surface area (Å²) >= 11 is 13.0. The average molecular weight is 477 g/mol. The van der Waals surface area contributed by atoms with Crippen molar-refractivity contribution in [2.45, 2.75) is 56.5 Å². The van der Waals surface area contributed by atoms with Crippen molar-refractivity contribution in [2.75, 3.05) is 32.9 Å². The van der Waals surface area contributed by atoms with Crippen LogP contribution in [0.25, 0.3) is 0 Å². The third-order valence-electron chi connectivity index (χ3n) is 7.15. The Morgan fingerprint density at radius 1 is 1.09 bits per heavy atom. The Morgan fingerprint density at radius 3 is 2.62 bits per heavy atom. The van der Waals surface area contributed by atoms with Crippen LogP contribution in [0.15, 0.2) is 24.8 Å². The van der Waals surface area contributed by atoms with E-state index in [2.05, 4.69) is 26.2 Å². The summed E-state index contributed by atoms with van der Waals surface area (Å²) < 4.78 is 13.8. The van der Waals surface area contributed by atoms with Crippen molar-refractivity contribution in [1.82, 2.24) is 19.7 Å². The lowest BCUT2D eigenvalue weighted by Gasteiger charge is -2.39. The van der Waals surface area contributed by atoms with Crippen LogP contribution in [0.1, 0.15) is 54.7 Å². The SMILES string of the molecule is C=CCOc1ccc(Cl)c(Cl)c1C1Cc2nnc(C3CCN(C4CCOCC4)CC3)n2C1. The van der Waals surface area contributed by atoms with Gasteiger partial charge < -0.3 is 18.9 Å². The van der Waals surface area contributed by atoms with Gasteiger partial charge in [0.25, 0.3) is 0 Å². The predicted octanol–water partition coefficient (Wildman–Crippen LogP) is 4.85. The van der Waals surface area contributed by atoms with E-state index >= 15 is 0 Å². The molecule has 0 bridgehead atoms. The van der Waals surface area contributed by atoms with E-state index in [1.807, 2.05) is 6.07 Å². The van der Waals surface area contributed by atoms with Gasteiger partial charge in [-0.25, -0.2) is 0 Å². The number of fused-ring (bicyclic) bond motifs is 1. The number of hydrogen-bond donors (Lipinski definition) is 0. The predicted molar refractivity (Wildman–Crippen MR) is 126 cm³/mol. The number of nitrogens with zero attached hydrogens (tertiary/aromatic N) is 4. The summed E-state index contributed by atoms with van der Waals surface area (Å²) in [5.74, 6) is 3.56. The molecule has 2 saturated heterocycles. The van der Waals surface area contributed by atoms with Crippen molar-refractivity contribution in [1.29, 1.82) is 0 Å². The van der Waals surface area contributed by atoms with Gasteiger partial charge in [-0.3, -0.25) is 0 Å². The second-order valence-corrected chi connectivity index (χ2v) is 9.80. The summed E-state index contributed by atoms with van der Waals surface area (Å²) in [5, 5.41) is 10.3. The zero-order valence-electron chi connectivity index (χ0n) is 18.3. The number of ether oxygens (including phenoxy) is 2. The molecular formula is C24H30Cl2N4O2. The lowest BCUT2D eigenvalue weighted by atomic mass is 9.93. The number of halogens is 2. The maximum absolute atomic E-state index is 6.65. The number of rotatable bonds is 6. The van der Waals surface area contributed by atoms with Gasteiger partial charge in [-0.1, -0.05) is 35.9 Å². The molecule has 3 aliphatic heterocycles. The van der Waals surface area contributed by atoms with Crippen molar-refractivity contribution in [3.05, 3.63) is 52.0 Å². The first-order chi connectivity index (χ1) is 15.7. The Bertz CT molecular complexity index is 965. The van der Waals surface area contributed by atoms with Gasteiger partial charge in [0.05, 0.1) is 10.0 Å². The van der Waals surface area contributed by atoms with Crippen LogP contribution in [-0.4, -0.2) is 58.6 Å². The van der Waals surface area contributed by atoms with Crippen molar-refractivity contribution in [3.63, 3.8) is 0 Å². The van der Waals surface area contributed by atoms with Crippen LogP contribution in [0.5, 0.6) is 5.75 Å². The van der Waals surface area contributed by atoms with E-state index in [0.29, 0.717) is 28.6 Å². The van der Waals surface area contributed by atoms with E-state index in [1.165, 1.54) is 0 Å². The number of likely N-dealkylation sites (tertiary alicyclic amines) is 1. The van der Waals surface area contributed by atoms with Crippen LogP contribution in [0.3, 0.4) is 0 Å². The Hall–Kier alpha value is -1.60. The molecule has 1 atom stereocenters. The molecule has 1 unspecified atom stereocenters. The van der Waals surface area contributed by atoms with Crippen molar-refractivity contribution >= 4 is 23.2 Å². The molecule has 6 nitrogen and oxygen atoms in total.